The first kappa shape index (κ1) is 26.7. The zero-order valence-electron chi connectivity index (χ0n) is 22.6. The lowest BCUT2D eigenvalue weighted by Gasteiger charge is -2.15. The first-order valence-electron chi connectivity index (χ1n) is 12.5. The minimum absolute atomic E-state index is 0.0706. The van der Waals surface area contributed by atoms with Gasteiger partial charge in [-0.05, 0) is 47.0 Å². The van der Waals surface area contributed by atoms with Gasteiger partial charge in [0.2, 0.25) is 0 Å². The number of fused-ring (bicyclic) bond motifs is 2. The summed E-state index contributed by atoms with van der Waals surface area (Å²) in [7, 11) is 6.36. The van der Waals surface area contributed by atoms with Gasteiger partial charge in [0.1, 0.15) is 28.6 Å². The monoisotopic (exact) mass is 547 g/mol. The topological polar surface area (TPSA) is 118 Å². The summed E-state index contributed by atoms with van der Waals surface area (Å²) in [6, 6.07) is 7.30. The van der Waals surface area contributed by atoms with Gasteiger partial charge in [-0.15, -0.1) is 0 Å². The molecule has 0 saturated heterocycles. The number of aromatic hydroxyl groups is 1. The van der Waals surface area contributed by atoms with Crippen LogP contribution in [-0.4, -0.2) is 61.9 Å². The summed E-state index contributed by atoms with van der Waals surface area (Å²) < 4.78 is 37.7. The molecule has 0 aliphatic carbocycles. The predicted molar refractivity (Wildman–Crippen MR) is 146 cm³/mol. The van der Waals surface area contributed by atoms with E-state index in [-0.39, 0.29) is 57.9 Å². The van der Waals surface area contributed by atoms with E-state index < -0.39 is 11.6 Å². The van der Waals surface area contributed by atoms with Crippen molar-refractivity contribution in [2.45, 2.75) is 19.9 Å². The van der Waals surface area contributed by atoms with Crippen LogP contribution < -0.4 is 10.1 Å². The van der Waals surface area contributed by atoms with Crippen LogP contribution in [0.4, 0.5) is 14.6 Å². The Balaban J connectivity index is 1.62. The largest absolute Gasteiger partial charge is 0.508 e. The SMILES string of the molecule is CCc1c(F)ccc2cc(O)cc(-c3ncc4c(NCc5cc(C(=O)N(C)C)nn5C)nc(OC)nc4c3F)c12. The summed E-state index contributed by atoms with van der Waals surface area (Å²) in [6.07, 6.45) is 1.77. The second-order valence-electron chi connectivity index (χ2n) is 9.41. The van der Waals surface area contributed by atoms with E-state index >= 15 is 4.39 Å². The summed E-state index contributed by atoms with van der Waals surface area (Å²) in [6.45, 7) is 2.01. The van der Waals surface area contributed by atoms with Crippen molar-refractivity contribution in [1.29, 1.82) is 0 Å². The first-order valence-corrected chi connectivity index (χ1v) is 12.5. The number of carbonyl (C=O) groups excluding carboxylic acids is 1. The molecule has 2 aromatic carbocycles. The fourth-order valence-corrected chi connectivity index (χ4v) is 4.66. The van der Waals surface area contributed by atoms with Gasteiger partial charge in [0.05, 0.1) is 24.7 Å². The number of anilines is 1. The van der Waals surface area contributed by atoms with Crippen LogP contribution in [0.1, 0.15) is 28.7 Å². The number of pyridine rings is 1. The van der Waals surface area contributed by atoms with Gasteiger partial charge in [-0.2, -0.15) is 15.1 Å². The van der Waals surface area contributed by atoms with Crippen molar-refractivity contribution in [1.82, 2.24) is 29.6 Å². The van der Waals surface area contributed by atoms with Crippen LogP contribution in [0.25, 0.3) is 32.9 Å². The summed E-state index contributed by atoms with van der Waals surface area (Å²) in [5.41, 5.74) is 1.43. The standard InChI is InChI=1S/C28H27F2N7O3/c1-6-17-20(29)8-7-14-9-16(38)11-18(22(14)17)24-23(30)25-19(13-31-24)26(34-28(33-25)40-5)32-12-15-10-21(35-37(15)4)27(39)36(2)3/h7-11,13,38H,6,12H2,1-5H3,(H,32,33,34). The molecule has 0 fully saturated rings. The Labute approximate surface area is 228 Å². The van der Waals surface area contributed by atoms with E-state index in [1.165, 1.54) is 42.5 Å². The Morgan fingerprint density at radius 3 is 2.65 bits per heavy atom. The van der Waals surface area contributed by atoms with E-state index in [1.807, 2.05) is 0 Å². The van der Waals surface area contributed by atoms with Crippen LogP contribution >= 0.6 is 0 Å². The molecule has 0 saturated carbocycles. The Hall–Kier alpha value is -4.87. The van der Waals surface area contributed by atoms with Crippen LogP contribution in [0.2, 0.25) is 0 Å². The molecule has 12 heteroatoms. The minimum atomic E-state index is -0.779. The molecule has 206 valence electrons. The Kier molecular flexibility index (Phi) is 6.92. The highest BCUT2D eigenvalue weighted by Gasteiger charge is 2.22. The zero-order valence-corrected chi connectivity index (χ0v) is 22.6. The lowest BCUT2D eigenvalue weighted by atomic mass is 9.94. The average Bonchev–Trinajstić information content (AvgIpc) is 3.31. The van der Waals surface area contributed by atoms with Crippen molar-refractivity contribution >= 4 is 33.4 Å². The second kappa shape index (κ2) is 10.4. The van der Waals surface area contributed by atoms with Crippen molar-refractivity contribution in [3.63, 3.8) is 0 Å². The quantitative estimate of drug-likeness (QED) is 0.307. The molecule has 2 N–H and O–H groups in total. The third-order valence-corrected chi connectivity index (χ3v) is 6.65. The predicted octanol–water partition coefficient (Wildman–Crippen LogP) is 4.45. The van der Waals surface area contributed by atoms with E-state index in [0.29, 0.717) is 28.5 Å². The number of methoxy groups -OCH3 is 1. The molecule has 0 atom stereocenters. The van der Waals surface area contributed by atoms with Crippen molar-refractivity contribution in [2.75, 3.05) is 26.5 Å². The number of nitrogens with one attached hydrogen (secondary N) is 1. The molecule has 0 spiro atoms. The average molecular weight is 548 g/mol. The molecule has 3 heterocycles. The number of hydrogen-bond acceptors (Lipinski definition) is 8. The van der Waals surface area contributed by atoms with Gasteiger partial charge >= 0.3 is 6.01 Å². The lowest BCUT2D eigenvalue weighted by Crippen LogP contribution is -2.22. The first-order chi connectivity index (χ1) is 19.1. The number of phenolic OH excluding ortho intramolecular Hbond substituents is 1. The maximum Gasteiger partial charge on any atom is 0.318 e. The van der Waals surface area contributed by atoms with E-state index in [9.17, 15) is 14.3 Å². The molecule has 0 unspecified atom stereocenters. The Bertz CT molecular complexity index is 1790. The molecule has 1 amide bonds. The van der Waals surface area contributed by atoms with Crippen molar-refractivity contribution in [3.05, 3.63) is 65.1 Å². The van der Waals surface area contributed by atoms with Crippen LogP contribution in [0.15, 0.2) is 36.5 Å². The van der Waals surface area contributed by atoms with Gasteiger partial charge in [0.15, 0.2) is 11.5 Å². The summed E-state index contributed by atoms with van der Waals surface area (Å²) in [4.78, 5) is 26.7. The number of hydrogen-bond donors (Lipinski definition) is 2. The Morgan fingerprint density at radius 1 is 1.18 bits per heavy atom. The van der Waals surface area contributed by atoms with E-state index in [2.05, 4.69) is 25.4 Å². The second-order valence-corrected chi connectivity index (χ2v) is 9.41. The lowest BCUT2D eigenvalue weighted by molar-refractivity contribution is 0.0821. The summed E-state index contributed by atoms with van der Waals surface area (Å²) >= 11 is 0. The van der Waals surface area contributed by atoms with Crippen LogP contribution in [0.5, 0.6) is 11.8 Å². The summed E-state index contributed by atoms with van der Waals surface area (Å²) in [5.74, 6) is -1.30. The third kappa shape index (κ3) is 4.61. The van der Waals surface area contributed by atoms with E-state index in [4.69, 9.17) is 4.74 Å². The van der Waals surface area contributed by atoms with Gasteiger partial charge < -0.3 is 20.1 Å². The van der Waals surface area contributed by atoms with E-state index in [1.54, 1.807) is 38.8 Å². The maximum atomic E-state index is 16.2. The number of nitrogens with zero attached hydrogens (tertiary/aromatic N) is 6. The van der Waals surface area contributed by atoms with Gasteiger partial charge in [0.25, 0.3) is 5.91 Å². The number of halogens is 2. The molecule has 10 nitrogen and oxygen atoms in total. The molecule has 40 heavy (non-hydrogen) atoms. The molecule has 0 radical (unpaired) electrons. The van der Waals surface area contributed by atoms with Crippen molar-refractivity contribution in [2.24, 2.45) is 7.05 Å². The number of rotatable bonds is 7. The van der Waals surface area contributed by atoms with Gasteiger partial charge in [-0.1, -0.05) is 13.0 Å². The minimum Gasteiger partial charge on any atom is -0.508 e. The molecule has 5 rings (SSSR count). The normalized spacial score (nSPS) is 11.3. The number of amides is 1. The maximum absolute atomic E-state index is 16.2. The molecule has 3 aromatic heterocycles. The highest BCUT2D eigenvalue weighted by Crippen LogP contribution is 2.38. The van der Waals surface area contributed by atoms with Gasteiger partial charge in [-0.25, -0.2) is 8.78 Å². The number of ether oxygens (including phenoxy) is 1. The van der Waals surface area contributed by atoms with Crippen LogP contribution in [0.3, 0.4) is 0 Å². The molecule has 5 aromatic rings. The number of phenols is 1. The van der Waals surface area contributed by atoms with Crippen LogP contribution in [-0.2, 0) is 20.0 Å². The third-order valence-electron chi connectivity index (χ3n) is 6.65. The molecule has 0 aliphatic heterocycles. The molecule has 0 aliphatic rings. The van der Waals surface area contributed by atoms with E-state index in [0.717, 1.165) is 0 Å². The Morgan fingerprint density at radius 2 is 1.95 bits per heavy atom. The number of carbonyl (C=O) groups is 1. The van der Waals surface area contributed by atoms with Crippen molar-refractivity contribution in [3.8, 4) is 23.0 Å². The van der Waals surface area contributed by atoms with Crippen molar-refractivity contribution < 1.29 is 23.4 Å². The number of aryl methyl sites for hydroxylation is 2. The molecule has 0 bridgehead atoms. The smallest absolute Gasteiger partial charge is 0.318 e. The number of aromatic nitrogens is 5. The zero-order chi connectivity index (χ0) is 28.7. The number of benzene rings is 2. The van der Waals surface area contributed by atoms with Gasteiger partial charge in [-0.3, -0.25) is 14.5 Å². The van der Waals surface area contributed by atoms with Gasteiger partial charge in [0, 0.05) is 32.9 Å². The fraction of sp³-hybridized carbons (Fsp3) is 0.250. The highest BCUT2D eigenvalue weighted by molar-refractivity contribution is 6.01. The molecular weight excluding hydrogens is 520 g/mol. The summed E-state index contributed by atoms with van der Waals surface area (Å²) in [5, 5.41) is 19.1. The fourth-order valence-electron chi connectivity index (χ4n) is 4.66. The van der Waals surface area contributed by atoms with Crippen LogP contribution in [0, 0.1) is 11.6 Å². The highest BCUT2D eigenvalue weighted by atomic mass is 19.1. The molecular formula is C28H27F2N7O3.